The lowest BCUT2D eigenvalue weighted by Crippen LogP contribution is -2.22. The van der Waals surface area contributed by atoms with E-state index in [4.69, 9.17) is 15.2 Å². The molecule has 0 bridgehead atoms. The Morgan fingerprint density at radius 3 is 2.70 bits per heavy atom. The predicted molar refractivity (Wildman–Crippen MR) is 86.1 cm³/mol. The maximum Gasteiger partial charge on any atom is 0.161 e. The highest BCUT2D eigenvalue weighted by Crippen LogP contribution is 2.34. The lowest BCUT2D eigenvalue weighted by Gasteiger charge is -2.24. The van der Waals surface area contributed by atoms with Crippen LogP contribution in [0, 0.1) is 0 Å². The largest absolute Gasteiger partial charge is 0.493 e. The molecule has 1 unspecified atom stereocenters. The summed E-state index contributed by atoms with van der Waals surface area (Å²) in [7, 11) is 1.70. The van der Waals surface area contributed by atoms with Crippen LogP contribution in [0.1, 0.15) is 37.7 Å². The summed E-state index contributed by atoms with van der Waals surface area (Å²) >= 11 is 2.01. The van der Waals surface area contributed by atoms with Crippen LogP contribution < -0.4 is 15.2 Å². The van der Waals surface area contributed by atoms with Crippen molar-refractivity contribution >= 4 is 11.8 Å². The maximum absolute atomic E-state index is 6.11. The van der Waals surface area contributed by atoms with Crippen molar-refractivity contribution in [3.63, 3.8) is 0 Å². The monoisotopic (exact) mass is 295 g/mol. The van der Waals surface area contributed by atoms with Gasteiger partial charge in [0.15, 0.2) is 11.5 Å². The van der Waals surface area contributed by atoms with E-state index in [1.165, 1.54) is 17.1 Å². The van der Waals surface area contributed by atoms with Crippen molar-refractivity contribution in [1.29, 1.82) is 0 Å². The van der Waals surface area contributed by atoms with Crippen LogP contribution in [0.4, 0.5) is 0 Å². The lowest BCUT2D eigenvalue weighted by atomic mass is 9.97. The van der Waals surface area contributed by atoms with Crippen LogP contribution in [-0.4, -0.2) is 31.3 Å². The highest BCUT2D eigenvalue weighted by molar-refractivity contribution is 7.99. The first-order valence-electron chi connectivity index (χ1n) is 7.37. The van der Waals surface area contributed by atoms with Crippen molar-refractivity contribution in [2.45, 2.75) is 38.2 Å². The van der Waals surface area contributed by atoms with Gasteiger partial charge in [-0.05, 0) is 60.9 Å². The number of rotatable bonds is 6. The Bertz CT molecular complexity index is 419. The van der Waals surface area contributed by atoms with Crippen LogP contribution in [-0.2, 0) is 0 Å². The number of hydrogen-bond acceptors (Lipinski definition) is 4. The van der Waals surface area contributed by atoms with Gasteiger partial charge in [0, 0.05) is 0 Å². The molecule has 0 spiro atoms. The molecule has 1 aromatic rings. The molecular weight excluding hydrogens is 270 g/mol. The third-order valence-corrected chi connectivity index (χ3v) is 4.87. The molecule has 4 heteroatoms. The number of methoxy groups -OCH3 is 1. The first-order chi connectivity index (χ1) is 9.74. The van der Waals surface area contributed by atoms with Crippen LogP contribution >= 0.6 is 11.8 Å². The molecule has 0 radical (unpaired) electrons. The summed E-state index contributed by atoms with van der Waals surface area (Å²) in [5.74, 6) is 4.55. The first-order valence-corrected chi connectivity index (χ1v) is 8.52. The average Bonchev–Trinajstić information content (AvgIpc) is 2.49. The maximum atomic E-state index is 6.11. The second-order valence-corrected chi connectivity index (χ2v) is 6.54. The molecule has 0 aromatic heterocycles. The minimum Gasteiger partial charge on any atom is -0.493 e. The molecule has 20 heavy (non-hydrogen) atoms. The van der Waals surface area contributed by atoms with Gasteiger partial charge in [0.2, 0.25) is 0 Å². The minimum absolute atomic E-state index is 0.331. The van der Waals surface area contributed by atoms with Gasteiger partial charge in [0.05, 0.1) is 7.11 Å². The van der Waals surface area contributed by atoms with Crippen molar-refractivity contribution in [2.75, 3.05) is 25.2 Å². The number of ether oxygens (including phenoxy) is 2. The van der Waals surface area contributed by atoms with Crippen LogP contribution in [0.2, 0.25) is 0 Å². The van der Waals surface area contributed by atoms with E-state index in [1.807, 2.05) is 17.8 Å². The van der Waals surface area contributed by atoms with Crippen molar-refractivity contribution in [3.05, 3.63) is 23.8 Å². The van der Waals surface area contributed by atoms with Crippen LogP contribution in [0.25, 0.3) is 0 Å². The molecule has 2 rings (SSSR count). The first kappa shape index (κ1) is 15.5. The smallest absolute Gasteiger partial charge is 0.161 e. The van der Waals surface area contributed by atoms with Gasteiger partial charge >= 0.3 is 0 Å². The molecule has 1 aliphatic rings. The summed E-state index contributed by atoms with van der Waals surface area (Å²) in [6.07, 6.45) is 3.57. The molecule has 2 N–H and O–H groups in total. The van der Waals surface area contributed by atoms with Gasteiger partial charge in [-0.1, -0.05) is 13.0 Å². The Morgan fingerprint density at radius 1 is 1.30 bits per heavy atom. The predicted octanol–water partition coefficient (Wildman–Crippen LogP) is 3.42. The molecule has 1 fully saturated rings. The van der Waals surface area contributed by atoms with Crippen molar-refractivity contribution in [2.24, 2.45) is 5.73 Å². The van der Waals surface area contributed by atoms with Crippen molar-refractivity contribution in [1.82, 2.24) is 0 Å². The summed E-state index contributed by atoms with van der Waals surface area (Å²) < 4.78 is 11.6. The topological polar surface area (TPSA) is 44.5 Å². The number of hydrogen-bond donors (Lipinski definition) is 1. The Hall–Kier alpha value is -0.870. The Morgan fingerprint density at radius 2 is 2.05 bits per heavy atom. The number of thioether (sulfide) groups is 1. The molecule has 1 aromatic carbocycles. The van der Waals surface area contributed by atoms with E-state index in [2.05, 4.69) is 19.1 Å². The Balaban J connectivity index is 2.08. The summed E-state index contributed by atoms with van der Waals surface area (Å²) in [5.41, 5.74) is 6.90. The highest BCUT2D eigenvalue weighted by Gasteiger charge is 2.18. The molecule has 112 valence electrons. The minimum atomic E-state index is 0.331. The number of benzene rings is 1. The summed E-state index contributed by atoms with van der Waals surface area (Å²) in [5, 5.41) is 0. The zero-order chi connectivity index (χ0) is 14.4. The van der Waals surface area contributed by atoms with E-state index in [-0.39, 0.29) is 0 Å². The zero-order valence-electron chi connectivity index (χ0n) is 12.4. The SMILES string of the molecule is COc1cc(C(C)CCN)ccc1OC1CCSCC1. The van der Waals surface area contributed by atoms with Gasteiger partial charge in [-0.25, -0.2) is 0 Å². The van der Waals surface area contributed by atoms with Crippen molar-refractivity contribution in [3.8, 4) is 11.5 Å². The third kappa shape index (κ3) is 4.06. The molecule has 0 saturated carbocycles. The van der Waals surface area contributed by atoms with Crippen LogP contribution in [0.15, 0.2) is 18.2 Å². The lowest BCUT2D eigenvalue weighted by molar-refractivity contribution is 0.184. The van der Waals surface area contributed by atoms with Gasteiger partial charge < -0.3 is 15.2 Å². The van der Waals surface area contributed by atoms with E-state index in [0.717, 1.165) is 30.8 Å². The van der Waals surface area contributed by atoms with Gasteiger partial charge in [0.1, 0.15) is 6.10 Å². The highest BCUT2D eigenvalue weighted by atomic mass is 32.2. The standard InChI is InChI=1S/C16H25NO2S/c1-12(5-8-17)13-3-4-15(16(11-13)18-2)19-14-6-9-20-10-7-14/h3-4,11-12,14H,5-10,17H2,1-2H3. The normalized spacial score (nSPS) is 17.8. The Kier molecular flexibility index (Phi) is 6.05. The van der Waals surface area contributed by atoms with E-state index in [0.29, 0.717) is 18.6 Å². The van der Waals surface area contributed by atoms with Crippen molar-refractivity contribution < 1.29 is 9.47 Å². The molecule has 1 saturated heterocycles. The second-order valence-electron chi connectivity index (χ2n) is 5.32. The Labute approximate surface area is 126 Å². The molecule has 1 aliphatic heterocycles. The fourth-order valence-electron chi connectivity index (χ4n) is 2.48. The van der Waals surface area contributed by atoms with E-state index < -0.39 is 0 Å². The van der Waals surface area contributed by atoms with Crippen LogP contribution in [0.5, 0.6) is 11.5 Å². The molecule has 3 nitrogen and oxygen atoms in total. The third-order valence-electron chi connectivity index (χ3n) is 3.82. The molecule has 1 heterocycles. The second kappa shape index (κ2) is 7.79. The molecule has 0 aliphatic carbocycles. The van der Waals surface area contributed by atoms with Crippen LogP contribution in [0.3, 0.4) is 0 Å². The fraction of sp³-hybridized carbons (Fsp3) is 0.625. The van der Waals surface area contributed by atoms with Gasteiger partial charge in [0.25, 0.3) is 0 Å². The molecule has 0 amide bonds. The van der Waals surface area contributed by atoms with E-state index in [9.17, 15) is 0 Å². The number of nitrogens with two attached hydrogens (primary N) is 1. The average molecular weight is 295 g/mol. The molecular formula is C16H25NO2S. The summed E-state index contributed by atoms with van der Waals surface area (Å²) in [4.78, 5) is 0. The van der Waals surface area contributed by atoms with E-state index in [1.54, 1.807) is 7.11 Å². The van der Waals surface area contributed by atoms with Gasteiger partial charge in [-0.2, -0.15) is 11.8 Å². The van der Waals surface area contributed by atoms with Gasteiger partial charge in [-0.15, -0.1) is 0 Å². The fourth-order valence-corrected chi connectivity index (χ4v) is 3.54. The summed E-state index contributed by atoms with van der Waals surface area (Å²) in [6.45, 7) is 2.90. The van der Waals surface area contributed by atoms with Gasteiger partial charge in [-0.3, -0.25) is 0 Å². The quantitative estimate of drug-likeness (QED) is 0.873. The molecule has 1 atom stereocenters. The van der Waals surface area contributed by atoms with E-state index >= 15 is 0 Å². The zero-order valence-corrected chi connectivity index (χ0v) is 13.2. The summed E-state index contributed by atoms with van der Waals surface area (Å²) in [6, 6.07) is 6.27.